The fourth-order valence-corrected chi connectivity index (χ4v) is 3.88. The van der Waals surface area contributed by atoms with Gasteiger partial charge in [0.25, 0.3) is 0 Å². The van der Waals surface area contributed by atoms with Crippen LogP contribution in [0.25, 0.3) is 0 Å². The molecule has 1 saturated carbocycles. The Bertz CT molecular complexity index is 524. The first-order chi connectivity index (χ1) is 8.41. The summed E-state index contributed by atoms with van der Waals surface area (Å²) in [6.45, 7) is 4.46. The highest BCUT2D eigenvalue weighted by Gasteiger charge is 2.31. The zero-order valence-corrected chi connectivity index (χ0v) is 11.8. The van der Waals surface area contributed by atoms with Crippen molar-refractivity contribution in [2.24, 2.45) is 17.0 Å². The highest BCUT2D eigenvalue weighted by atomic mass is 32.2. The summed E-state index contributed by atoms with van der Waals surface area (Å²) < 4.78 is 23.3. The molecule has 1 aliphatic carbocycles. The van der Waals surface area contributed by atoms with Crippen LogP contribution in [-0.2, 0) is 10.0 Å². The van der Waals surface area contributed by atoms with Crippen LogP contribution < -0.4 is 5.14 Å². The van der Waals surface area contributed by atoms with Crippen LogP contribution in [0.1, 0.15) is 44.6 Å². The molecule has 0 spiro atoms. The Morgan fingerprint density at radius 2 is 1.83 bits per heavy atom. The van der Waals surface area contributed by atoms with Crippen molar-refractivity contribution in [2.75, 3.05) is 0 Å². The van der Waals surface area contributed by atoms with Gasteiger partial charge in [-0.1, -0.05) is 44.9 Å². The molecule has 18 heavy (non-hydrogen) atoms. The number of benzene rings is 1. The molecule has 4 heteroatoms. The molecule has 3 unspecified atom stereocenters. The summed E-state index contributed by atoms with van der Waals surface area (Å²) >= 11 is 0. The van der Waals surface area contributed by atoms with Gasteiger partial charge in [-0.15, -0.1) is 0 Å². The zero-order chi connectivity index (χ0) is 13.3. The predicted octanol–water partition coefficient (Wildman–Crippen LogP) is 2.87. The second-order valence-corrected chi connectivity index (χ2v) is 6.99. The maximum Gasteiger partial charge on any atom is 0.238 e. The van der Waals surface area contributed by atoms with Crippen LogP contribution in [0, 0.1) is 11.8 Å². The number of hydrogen-bond acceptors (Lipinski definition) is 2. The van der Waals surface area contributed by atoms with Crippen LogP contribution in [0.5, 0.6) is 0 Å². The monoisotopic (exact) mass is 267 g/mol. The molecule has 1 aliphatic rings. The van der Waals surface area contributed by atoms with E-state index in [0.717, 1.165) is 18.4 Å². The van der Waals surface area contributed by atoms with E-state index in [1.54, 1.807) is 12.1 Å². The first kappa shape index (κ1) is 13.6. The first-order valence-corrected chi connectivity index (χ1v) is 8.07. The molecule has 2 rings (SSSR count). The summed E-state index contributed by atoms with van der Waals surface area (Å²) in [6.07, 6.45) is 3.45. The smallest absolute Gasteiger partial charge is 0.225 e. The molecule has 100 valence electrons. The van der Waals surface area contributed by atoms with E-state index in [1.165, 1.54) is 6.42 Å². The quantitative estimate of drug-likeness (QED) is 0.895. The molecule has 2 N–H and O–H groups in total. The lowest BCUT2D eigenvalue weighted by atomic mass is 9.71. The molecule has 0 aliphatic heterocycles. The highest BCUT2D eigenvalue weighted by molar-refractivity contribution is 7.89. The molecule has 0 radical (unpaired) electrons. The van der Waals surface area contributed by atoms with E-state index in [0.29, 0.717) is 22.6 Å². The van der Waals surface area contributed by atoms with Crippen LogP contribution in [-0.4, -0.2) is 8.42 Å². The van der Waals surface area contributed by atoms with Crippen LogP contribution in [0.4, 0.5) is 0 Å². The number of primary sulfonamides is 1. The average Bonchev–Trinajstić information content (AvgIpc) is 2.32. The minimum absolute atomic E-state index is 0.302. The first-order valence-electron chi connectivity index (χ1n) is 6.53. The van der Waals surface area contributed by atoms with Gasteiger partial charge in [0.05, 0.1) is 4.90 Å². The second-order valence-electron chi connectivity index (χ2n) is 5.46. The third-order valence-electron chi connectivity index (χ3n) is 4.33. The zero-order valence-electron chi connectivity index (χ0n) is 11.0. The Kier molecular flexibility index (Phi) is 3.78. The molecular weight excluding hydrogens is 246 g/mol. The average molecular weight is 267 g/mol. The van der Waals surface area contributed by atoms with E-state index in [-0.39, 0.29) is 0 Å². The van der Waals surface area contributed by atoms with E-state index in [1.807, 2.05) is 12.1 Å². The molecule has 1 aromatic rings. The van der Waals surface area contributed by atoms with Crippen LogP contribution in [0.15, 0.2) is 29.2 Å². The van der Waals surface area contributed by atoms with Crippen molar-refractivity contribution in [2.45, 2.75) is 43.9 Å². The van der Waals surface area contributed by atoms with Crippen LogP contribution in [0.3, 0.4) is 0 Å². The Labute approximate surface area is 109 Å². The van der Waals surface area contributed by atoms with Crippen molar-refractivity contribution in [3.05, 3.63) is 29.8 Å². The van der Waals surface area contributed by atoms with Crippen molar-refractivity contribution in [1.82, 2.24) is 0 Å². The number of sulfonamides is 1. The van der Waals surface area contributed by atoms with Gasteiger partial charge in [0.2, 0.25) is 10.0 Å². The topological polar surface area (TPSA) is 60.2 Å². The fourth-order valence-electron chi connectivity index (χ4n) is 3.07. The summed E-state index contributed by atoms with van der Waals surface area (Å²) in [4.78, 5) is 0.302. The normalized spacial score (nSPS) is 29.2. The number of hydrogen-bond donors (Lipinski definition) is 1. The lowest BCUT2D eigenvalue weighted by molar-refractivity contribution is 0.236. The van der Waals surface area contributed by atoms with E-state index in [4.69, 9.17) is 5.14 Å². The maximum absolute atomic E-state index is 11.7. The minimum Gasteiger partial charge on any atom is -0.225 e. The van der Waals surface area contributed by atoms with E-state index in [9.17, 15) is 8.42 Å². The lowest BCUT2D eigenvalue weighted by Gasteiger charge is -2.35. The minimum atomic E-state index is -3.62. The maximum atomic E-state index is 11.7. The van der Waals surface area contributed by atoms with Gasteiger partial charge >= 0.3 is 0 Å². The van der Waals surface area contributed by atoms with E-state index >= 15 is 0 Å². The Hall–Kier alpha value is -0.870. The van der Waals surface area contributed by atoms with Gasteiger partial charge in [-0.05, 0) is 35.8 Å². The van der Waals surface area contributed by atoms with Crippen molar-refractivity contribution < 1.29 is 8.42 Å². The van der Waals surface area contributed by atoms with Gasteiger partial charge in [0.1, 0.15) is 0 Å². The molecule has 0 saturated heterocycles. The molecule has 3 nitrogen and oxygen atoms in total. The molecule has 0 heterocycles. The molecule has 1 fully saturated rings. The van der Waals surface area contributed by atoms with Gasteiger partial charge in [-0.2, -0.15) is 0 Å². The van der Waals surface area contributed by atoms with Crippen LogP contribution >= 0.6 is 0 Å². The van der Waals surface area contributed by atoms with Gasteiger partial charge in [-0.3, -0.25) is 0 Å². The second kappa shape index (κ2) is 5.02. The largest absolute Gasteiger partial charge is 0.238 e. The highest BCUT2D eigenvalue weighted by Crippen LogP contribution is 2.42. The Morgan fingerprint density at radius 3 is 2.50 bits per heavy atom. The van der Waals surface area contributed by atoms with Crippen molar-refractivity contribution in [3.8, 4) is 0 Å². The number of rotatable bonds is 2. The van der Waals surface area contributed by atoms with Gasteiger partial charge in [-0.25, -0.2) is 13.6 Å². The summed E-state index contributed by atoms with van der Waals surface area (Å²) in [6, 6.07) is 7.17. The van der Waals surface area contributed by atoms with E-state index in [2.05, 4.69) is 13.8 Å². The van der Waals surface area contributed by atoms with Crippen molar-refractivity contribution in [3.63, 3.8) is 0 Å². The molecule has 1 aromatic carbocycles. The Morgan fingerprint density at radius 1 is 1.17 bits per heavy atom. The molecule has 0 bridgehead atoms. The molecule has 3 atom stereocenters. The summed E-state index contributed by atoms with van der Waals surface area (Å²) in [7, 11) is -3.62. The summed E-state index contributed by atoms with van der Waals surface area (Å²) in [5, 5.41) is 5.32. The van der Waals surface area contributed by atoms with Gasteiger partial charge < -0.3 is 0 Å². The molecular formula is C14H21NO2S. The fraction of sp³-hybridized carbons (Fsp3) is 0.571. The van der Waals surface area contributed by atoms with Crippen molar-refractivity contribution >= 4 is 10.0 Å². The number of nitrogens with two attached hydrogens (primary N) is 1. The van der Waals surface area contributed by atoms with E-state index < -0.39 is 10.0 Å². The third kappa shape index (κ3) is 2.59. The molecule has 0 aromatic heterocycles. The summed E-state index contributed by atoms with van der Waals surface area (Å²) in [5.41, 5.74) is 0.902. The van der Waals surface area contributed by atoms with Crippen molar-refractivity contribution in [1.29, 1.82) is 0 Å². The third-order valence-corrected chi connectivity index (χ3v) is 5.32. The lowest BCUT2D eigenvalue weighted by Crippen LogP contribution is -2.25. The Balaban J connectivity index is 2.45. The standard InChI is InChI=1S/C14H21NO2S/c1-10-6-5-8-12(11(10)2)13-7-3-4-9-14(13)18(15,16)17/h3-4,7,9-12H,5-6,8H2,1-2H3,(H2,15,16,17). The van der Waals surface area contributed by atoms with Crippen LogP contribution in [0.2, 0.25) is 0 Å². The predicted molar refractivity (Wildman–Crippen MR) is 72.7 cm³/mol. The summed E-state index contributed by atoms with van der Waals surface area (Å²) in [5.74, 6) is 1.45. The SMILES string of the molecule is CC1CCCC(c2ccccc2S(N)(=O)=O)C1C. The molecule has 0 amide bonds. The van der Waals surface area contributed by atoms with Gasteiger partial charge in [0.15, 0.2) is 0 Å². The van der Waals surface area contributed by atoms with Gasteiger partial charge in [0, 0.05) is 0 Å².